The molecule has 0 saturated carbocycles. The number of nitrogens with zero attached hydrogens (tertiary/aromatic N) is 2. The lowest BCUT2D eigenvalue weighted by atomic mass is 10.2. The third-order valence-corrected chi connectivity index (χ3v) is 5.47. The van der Waals surface area contributed by atoms with Crippen molar-refractivity contribution in [2.75, 3.05) is 38.0 Å². The topological polar surface area (TPSA) is 81.8 Å². The van der Waals surface area contributed by atoms with Gasteiger partial charge < -0.3 is 15.5 Å². The molecule has 0 aliphatic carbocycles. The Morgan fingerprint density at radius 2 is 1.93 bits per heavy atom. The van der Waals surface area contributed by atoms with Crippen LogP contribution in [0.3, 0.4) is 0 Å². The molecule has 0 aromatic heterocycles. The van der Waals surface area contributed by atoms with Gasteiger partial charge in [0.2, 0.25) is 17.7 Å². The van der Waals surface area contributed by atoms with Crippen molar-refractivity contribution in [3.8, 4) is 0 Å². The van der Waals surface area contributed by atoms with E-state index in [1.165, 1.54) is 0 Å². The zero-order valence-electron chi connectivity index (χ0n) is 16.8. The van der Waals surface area contributed by atoms with Crippen molar-refractivity contribution in [1.82, 2.24) is 15.1 Å². The molecule has 1 atom stereocenters. The van der Waals surface area contributed by atoms with Crippen LogP contribution in [0.2, 0.25) is 5.02 Å². The van der Waals surface area contributed by atoms with E-state index < -0.39 is 0 Å². The van der Waals surface area contributed by atoms with Crippen LogP contribution in [0.1, 0.15) is 32.3 Å². The van der Waals surface area contributed by atoms with Gasteiger partial charge in [0.1, 0.15) is 0 Å². The second kappa shape index (κ2) is 10.4. The van der Waals surface area contributed by atoms with E-state index in [2.05, 4.69) is 10.6 Å². The smallest absolute Gasteiger partial charge is 0.243 e. The number of anilines is 1. The van der Waals surface area contributed by atoms with Crippen LogP contribution in [0.4, 0.5) is 5.69 Å². The lowest BCUT2D eigenvalue weighted by molar-refractivity contribution is -0.136. The first-order valence-electron chi connectivity index (χ1n) is 9.71. The Bertz CT molecular complexity index is 721. The van der Waals surface area contributed by atoms with Gasteiger partial charge in [-0.15, -0.1) is 0 Å². The molecule has 0 bridgehead atoms. The van der Waals surface area contributed by atoms with Crippen molar-refractivity contribution in [2.24, 2.45) is 0 Å². The van der Waals surface area contributed by atoms with Gasteiger partial charge in [0.05, 0.1) is 19.1 Å². The fraction of sp³-hybridized carbons (Fsp3) is 0.550. The van der Waals surface area contributed by atoms with E-state index in [0.29, 0.717) is 30.3 Å². The maximum absolute atomic E-state index is 12.6. The van der Waals surface area contributed by atoms with Gasteiger partial charge in [0.15, 0.2) is 0 Å². The summed E-state index contributed by atoms with van der Waals surface area (Å²) < 4.78 is 0. The van der Waals surface area contributed by atoms with Crippen LogP contribution in [-0.4, -0.2) is 66.3 Å². The maximum atomic E-state index is 12.6. The third-order valence-electron chi connectivity index (χ3n) is 5.06. The number of hydrogen-bond acceptors (Lipinski definition) is 4. The van der Waals surface area contributed by atoms with Crippen molar-refractivity contribution in [3.63, 3.8) is 0 Å². The molecule has 0 radical (unpaired) electrons. The summed E-state index contributed by atoms with van der Waals surface area (Å²) in [7, 11) is 0. The zero-order valence-corrected chi connectivity index (χ0v) is 17.5. The molecule has 1 saturated heterocycles. The van der Waals surface area contributed by atoms with E-state index in [9.17, 15) is 14.4 Å². The second-order valence-electron chi connectivity index (χ2n) is 6.88. The molecule has 8 heteroatoms. The average molecular weight is 409 g/mol. The van der Waals surface area contributed by atoms with E-state index in [1.54, 1.807) is 23.1 Å². The summed E-state index contributed by atoms with van der Waals surface area (Å²) >= 11 is 6.04. The van der Waals surface area contributed by atoms with Crippen LogP contribution in [-0.2, 0) is 14.4 Å². The van der Waals surface area contributed by atoms with Gasteiger partial charge in [-0.2, -0.15) is 0 Å². The van der Waals surface area contributed by atoms with Gasteiger partial charge in [0.25, 0.3) is 0 Å². The molecule has 3 amide bonds. The van der Waals surface area contributed by atoms with Crippen LogP contribution in [0.25, 0.3) is 0 Å². The summed E-state index contributed by atoms with van der Waals surface area (Å²) in [5.41, 5.74) is 1.40. The van der Waals surface area contributed by atoms with Crippen LogP contribution in [0, 0.1) is 6.92 Å². The highest BCUT2D eigenvalue weighted by atomic mass is 35.5. The van der Waals surface area contributed by atoms with Crippen LogP contribution in [0.5, 0.6) is 0 Å². The summed E-state index contributed by atoms with van der Waals surface area (Å²) in [6, 6.07) is 5.01. The number of hydrogen-bond donors (Lipinski definition) is 2. The molecule has 2 rings (SSSR count). The number of likely N-dealkylation sites (N-methyl/N-ethyl adjacent to an activating group) is 1. The Kier molecular flexibility index (Phi) is 8.26. The molecule has 154 valence electrons. The summed E-state index contributed by atoms with van der Waals surface area (Å²) in [5.74, 6) is -0.516. The fourth-order valence-corrected chi connectivity index (χ4v) is 3.57. The van der Waals surface area contributed by atoms with Crippen LogP contribution in [0.15, 0.2) is 18.2 Å². The number of benzene rings is 1. The van der Waals surface area contributed by atoms with E-state index >= 15 is 0 Å². The van der Waals surface area contributed by atoms with E-state index in [0.717, 1.165) is 18.4 Å². The lowest BCUT2D eigenvalue weighted by Gasteiger charge is -2.28. The zero-order chi connectivity index (χ0) is 20.7. The minimum absolute atomic E-state index is 0.0736. The lowest BCUT2D eigenvalue weighted by Crippen LogP contribution is -2.49. The highest BCUT2D eigenvalue weighted by Crippen LogP contribution is 2.22. The van der Waals surface area contributed by atoms with Crippen LogP contribution < -0.4 is 10.6 Å². The monoisotopic (exact) mass is 408 g/mol. The molecule has 2 N–H and O–H groups in total. The number of nitrogens with one attached hydrogen (secondary N) is 2. The van der Waals surface area contributed by atoms with Crippen molar-refractivity contribution in [2.45, 2.75) is 39.7 Å². The number of carbonyl (C=O) groups excluding carboxylic acids is 3. The molecule has 1 fully saturated rings. The fourth-order valence-electron chi connectivity index (χ4n) is 3.40. The van der Waals surface area contributed by atoms with Crippen LogP contribution >= 0.6 is 11.6 Å². The number of halogens is 1. The van der Waals surface area contributed by atoms with Gasteiger partial charge in [-0.3, -0.25) is 19.3 Å². The molecule has 1 aromatic carbocycles. The van der Waals surface area contributed by atoms with E-state index in [4.69, 9.17) is 11.6 Å². The van der Waals surface area contributed by atoms with Crippen molar-refractivity contribution >= 4 is 35.0 Å². The van der Waals surface area contributed by atoms with E-state index in [1.807, 2.05) is 25.7 Å². The van der Waals surface area contributed by atoms with Gasteiger partial charge >= 0.3 is 0 Å². The first-order valence-corrected chi connectivity index (χ1v) is 10.1. The number of amides is 3. The molecular formula is C20H29ClN4O3. The molecule has 1 aliphatic heterocycles. The summed E-state index contributed by atoms with van der Waals surface area (Å²) in [6.45, 7) is 7.73. The van der Waals surface area contributed by atoms with Crippen molar-refractivity contribution < 1.29 is 14.4 Å². The number of likely N-dealkylation sites (tertiary alicyclic amines) is 1. The summed E-state index contributed by atoms with van der Waals surface area (Å²) in [6.07, 6.45) is 1.65. The van der Waals surface area contributed by atoms with Gasteiger partial charge in [-0.05, 0) is 57.9 Å². The highest BCUT2D eigenvalue weighted by molar-refractivity contribution is 6.31. The number of carbonyl (C=O) groups is 3. The maximum Gasteiger partial charge on any atom is 0.243 e. The minimum atomic E-state index is -0.323. The SMILES string of the molecule is CCN(CC)C(=O)C1CCCN1CC(=O)NCC(=O)Nc1cccc(Cl)c1C. The first-order chi connectivity index (χ1) is 13.4. The third kappa shape index (κ3) is 5.69. The molecule has 1 aromatic rings. The molecule has 28 heavy (non-hydrogen) atoms. The van der Waals surface area contributed by atoms with Gasteiger partial charge in [-0.1, -0.05) is 17.7 Å². The Morgan fingerprint density at radius 3 is 2.61 bits per heavy atom. The molecular weight excluding hydrogens is 380 g/mol. The normalized spacial score (nSPS) is 16.6. The molecule has 1 unspecified atom stereocenters. The first kappa shape index (κ1) is 22.2. The Labute approximate surface area is 171 Å². The van der Waals surface area contributed by atoms with E-state index in [-0.39, 0.29) is 36.9 Å². The van der Waals surface area contributed by atoms with Gasteiger partial charge in [0, 0.05) is 23.8 Å². The summed E-state index contributed by atoms with van der Waals surface area (Å²) in [5, 5.41) is 5.94. The largest absolute Gasteiger partial charge is 0.346 e. The predicted octanol–water partition coefficient (Wildman–Crippen LogP) is 2.04. The Balaban J connectivity index is 1.83. The second-order valence-corrected chi connectivity index (χ2v) is 7.28. The molecule has 1 aliphatic rings. The standard InChI is InChI=1S/C20H29ClN4O3/c1-4-24(5-2)20(28)17-10-7-11-25(17)13-19(27)22-12-18(26)23-16-9-6-8-15(21)14(16)3/h6,8-9,17H,4-5,7,10-13H2,1-3H3,(H,22,27)(H,23,26). The minimum Gasteiger partial charge on any atom is -0.346 e. The van der Waals surface area contributed by atoms with Gasteiger partial charge in [-0.25, -0.2) is 0 Å². The Hall–Kier alpha value is -2.12. The van der Waals surface area contributed by atoms with Crippen molar-refractivity contribution in [1.29, 1.82) is 0 Å². The highest BCUT2D eigenvalue weighted by Gasteiger charge is 2.33. The Morgan fingerprint density at radius 1 is 1.21 bits per heavy atom. The molecule has 1 heterocycles. The van der Waals surface area contributed by atoms with Crippen molar-refractivity contribution in [3.05, 3.63) is 28.8 Å². The number of rotatable bonds is 8. The quantitative estimate of drug-likeness (QED) is 0.689. The average Bonchev–Trinajstić information content (AvgIpc) is 3.12. The predicted molar refractivity (Wildman–Crippen MR) is 110 cm³/mol. The summed E-state index contributed by atoms with van der Waals surface area (Å²) in [4.78, 5) is 40.7. The molecule has 7 nitrogen and oxygen atoms in total. The molecule has 0 spiro atoms.